The molecule has 26 heavy (non-hydrogen) atoms. The number of aromatic amines is 1. The van der Waals surface area contributed by atoms with Gasteiger partial charge in [-0.15, -0.1) is 11.3 Å². The zero-order valence-corrected chi connectivity index (χ0v) is 15.3. The Balaban J connectivity index is 1.64. The summed E-state index contributed by atoms with van der Waals surface area (Å²) in [5.41, 5.74) is 3.28. The van der Waals surface area contributed by atoms with E-state index in [0.717, 1.165) is 45.8 Å². The monoisotopic (exact) mass is 365 g/mol. The van der Waals surface area contributed by atoms with Gasteiger partial charge in [0.15, 0.2) is 0 Å². The third-order valence-corrected chi connectivity index (χ3v) is 6.04. The molecule has 1 aliphatic rings. The van der Waals surface area contributed by atoms with Crippen LogP contribution >= 0.6 is 11.3 Å². The van der Waals surface area contributed by atoms with Crippen molar-refractivity contribution < 1.29 is 4.74 Å². The average molecular weight is 365 g/mol. The second kappa shape index (κ2) is 6.25. The summed E-state index contributed by atoms with van der Waals surface area (Å²) in [6.45, 7) is 2.58. The number of thiophene rings is 1. The molecule has 0 aliphatic heterocycles. The van der Waals surface area contributed by atoms with Gasteiger partial charge in [-0.3, -0.25) is 5.10 Å². The van der Waals surface area contributed by atoms with Crippen LogP contribution < -0.4 is 10.1 Å². The largest absolute Gasteiger partial charge is 0.492 e. The molecular weight excluding hydrogens is 346 g/mol. The van der Waals surface area contributed by atoms with E-state index in [1.165, 1.54) is 28.7 Å². The SMILES string of the molecule is CCOc1cc2[nH]ncc2cc1Nc1ncnc2sc3c(c12)CCCC3. The number of hydrogen-bond donors (Lipinski definition) is 2. The molecule has 0 saturated heterocycles. The fourth-order valence-electron chi connectivity index (χ4n) is 3.66. The molecule has 7 heteroatoms. The van der Waals surface area contributed by atoms with Crippen molar-refractivity contribution in [1.82, 2.24) is 20.2 Å². The Morgan fingerprint density at radius 2 is 2.15 bits per heavy atom. The fraction of sp³-hybridized carbons (Fsp3) is 0.316. The van der Waals surface area contributed by atoms with Crippen LogP contribution in [0.4, 0.5) is 11.5 Å². The number of hydrogen-bond acceptors (Lipinski definition) is 6. The van der Waals surface area contributed by atoms with Crippen molar-refractivity contribution in [2.24, 2.45) is 0 Å². The molecule has 3 heterocycles. The predicted molar refractivity (Wildman–Crippen MR) is 105 cm³/mol. The average Bonchev–Trinajstić information content (AvgIpc) is 3.26. The third-order valence-electron chi connectivity index (χ3n) is 4.84. The third kappa shape index (κ3) is 2.50. The maximum atomic E-state index is 5.84. The van der Waals surface area contributed by atoms with E-state index in [1.807, 2.05) is 19.2 Å². The number of H-pyrrole nitrogens is 1. The topological polar surface area (TPSA) is 75.7 Å². The van der Waals surface area contributed by atoms with Crippen molar-refractivity contribution in [3.63, 3.8) is 0 Å². The Morgan fingerprint density at radius 3 is 3.08 bits per heavy atom. The molecule has 4 aromatic rings. The summed E-state index contributed by atoms with van der Waals surface area (Å²) < 4.78 is 5.84. The fourth-order valence-corrected chi connectivity index (χ4v) is 4.89. The van der Waals surface area contributed by atoms with E-state index in [1.54, 1.807) is 17.7 Å². The Kier molecular flexibility index (Phi) is 3.74. The van der Waals surface area contributed by atoms with Gasteiger partial charge in [0.1, 0.15) is 22.7 Å². The molecule has 0 radical (unpaired) electrons. The summed E-state index contributed by atoms with van der Waals surface area (Å²) in [6, 6.07) is 4.03. The second-order valence-electron chi connectivity index (χ2n) is 6.48. The van der Waals surface area contributed by atoms with E-state index in [9.17, 15) is 0 Å². The van der Waals surface area contributed by atoms with Crippen LogP contribution in [0.5, 0.6) is 5.75 Å². The number of aryl methyl sites for hydroxylation is 2. The van der Waals surface area contributed by atoms with Gasteiger partial charge in [0.25, 0.3) is 0 Å². The Bertz CT molecular complexity index is 1100. The normalized spacial score (nSPS) is 13.9. The zero-order chi connectivity index (χ0) is 17.5. The van der Waals surface area contributed by atoms with Gasteiger partial charge in [-0.05, 0) is 44.2 Å². The van der Waals surface area contributed by atoms with Gasteiger partial charge in [0, 0.05) is 16.3 Å². The van der Waals surface area contributed by atoms with Crippen molar-refractivity contribution in [3.8, 4) is 5.75 Å². The number of nitrogens with zero attached hydrogens (tertiary/aromatic N) is 3. The molecular formula is C19H19N5OS. The molecule has 5 rings (SSSR count). The highest BCUT2D eigenvalue weighted by Crippen LogP contribution is 2.40. The molecule has 0 saturated carbocycles. The maximum absolute atomic E-state index is 5.84. The van der Waals surface area contributed by atoms with Crippen molar-refractivity contribution in [1.29, 1.82) is 0 Å². The van der Waals surface area contributed by atoms with Gasteiger partial charge in [-0.25, -0.2) is 9.97 Å². The first-order valence-electron chi connectivity index (χ1n) is 8.95. The van der Waals surface area contributed by atoms with Crippen LogP contribution in [0.3, 0.4) is 0 Å². The molecule has 6 nitrogen and oxygen atoms in total. The predicted octanol–water partition coefficient (Wildman–Crippen LogP) is 4.59. The minimum atomic E-state index is 0.599. The summed E-state index contributed by atoms with van der Waals surface area (Å²) in [5.74, 6) is 1.65. The Morgan fingerprint density at radius 1 is 1.23 bits per heavy atom. The lowest BCUT2D eigenvalue weighted by Gasteiger charge is -2.14. The van der Waals surface area contributed by atoms with Gasteiger partial charge in [-0.2, -0.15) is 5.10 Å². The van der Waals surface area contributed by atoms with Gasteiger partial charge in [0.2, 0.25) is 0 Å². The van der Waals surface area contributed by atoms with Crippen LogP contribution in [0.25, 0.3) is 21.1 Å². The number of fused-ring (bicyclic) bond motifs is 4. The van der Waals surface area contributed by atoms with E-state index < -0.39 is 0 Å². The Labute approximate surface area is 154 Å². The van der Waals surface area contributed by atoms with Gasteiger partial charge in [0.05, 0.1) is 29.4 Å². The molecule has 132 valence electrons. The van der Waals surface area contributed by atoms with Gasteiger partial charge < -0.3 is 10.1 Å². The molecule has 0 fully saturated rings. The molecule has 0 unspecified atom stereocenters. The smallest absolute Gasteiger partial charge is 0.144 e. The zero-order valence-electron chi connectivity index (χ0n) is 14.5. The minimum absolute atomic E-state index is 0.599. The first-order chi connectivity index (χ1) is 12.8. The summed E-state index contributed by atoms with van der Waals surface area (Å²) in [5, 5.41) is 12.8. The number of anilines is 2. The van der Waals surface area contributed by atoms with Crippen LogP contribution in [-0.4, -0.2) is 26.8 Å². The van der Waals surface area contributed by atoms with E-state index in [4.69, 9.17) is 4.74 Å². The van der Waals surface area contributed by atoms with E-state index in [0.29, 0.717) is 6.61 Å². The number of nitrogens with one attached hydrogen (secondary N) is 2. The van der Waals surface area contributed by atoms with Crippen molar-refractivity contribution in [2.75, 3.05) is 11.9 Å². The van der Waals surface area contributed by atoms with E-state index in [2.05, 4.69) is 31.5 Å². The molecule has 0 bridgehead atoms. The number of benzene rings is 1. The molecule has 1 aliphatic carbocycles. The first kappa shape index (κ1) is 15.6. The highest BCUT2D eigenvalue weighted by molar-refractivity contribution is 7.19. The molecule has 1 aromatic carbocycles. The van der Waals surface area contributed by atoms with Crippen molar-refractivity contribution >= 4 is 44.0 Å². The van der Waals surface area contributed by atoms with E-state index >= 15 is 0 Å². The van der Waals surface area contributed by atoms with Gasteiger partial charge in [-0.1, -0.05) is 0 Å². The standard InChI is InChI=1S/C19H19N5OS/c1-2-25-15-8-13-11(9-22-24-13)7-14(15)23-18-17-12-5-3-4-6-16(12)26-19(17)21-10-20-18/h7-10H,2-6H2,1H3,(H,22,24)(H,20,21,23). The van der Waals surface area contributed by atoms with Crippen molar-refractivity contribution in [2.45, 2.75) is 32.6 Å². The molecule has 0 atom stereocenters. The lowest BCUT2D eigenvalue weighted by atomic mass is 9.97. The van der Waals surface area contributed by atoms with Crippen molar-refractivity contribution in [3.05, 3.63) is 35.1 Å². The van der Waals surface area contributed by atoms with Crippen LogP contribution in [0.2, 0.25) is 0 Å². The van der Waals surface area contributed by atoms with E-state index in [-0.39, 0.29) is 0 Å². The van der Waals surface area contributed by atoms with Crippen LogP contribution in [0, 0.1) is 0 Å². The number of rotatable bonds is 4. The second-order valence-corrected chi connectivity index (χ2v) is 7.56. The van der Waals surface area contributed by atoms with Crippen LogP contribution in [-0.2, 0) is 12.8 Å². The van der Waals surface area contributed by atoms with Gasteiger partial charge >= 0.3 is 0 Å². The molecule has 0 spiro atoms. The number of ether oxygens (including phenoxy) is 1. The highest BCUT2D eigenvalue weighted by Gasteiger charge is 2.20. The molecule has 2 N–H and O–H groups in total. The lowest BCUT2D eigenvalue weighted by molar-refractivity contribution is 0.342. The summed E-state index contributed by atoms with van der Waals surface area (Å²) >= 11 is 1.81. The summed E-state index contributed by atoms with van der Waals surface area (Å²) in [6.07, 6.45) is 8.22. The maximum Gasteiger partial charge on any atom is 0.144 e. The first-order valence-corrected chi connectivity index (χ1v) is 9.77. The molecule has 0 amide bonds. The number of aromatic nitrogens is 4. The Hall–Kier alpha value is -2.67. The van der Waals surface area contributed by atoms with Crippen LogP contribution in [0.1, 0.15) is 30.2 Å². The summed E-state index contributed by atoms with van der Waals surface area (Å²) in [4.78, 5) is 11.6. The molecule has 3 aromatic heterocycles. The van der Waals surface area contributed by atoms with Crippen LogP contribution in [0.15, 0.2) is 24.7 Å². The minimum Gasteiger partial charge on any atom is -0.492 e. The highest BCUT2D eigenvalue weighted by atomic mass is 32.1. The quantitative estimate of drug-likeness (QED) is 0.553. The lowest BCUT2D eigenvalue weighted by Crippen LogP contribution is -2.02. The summed E-state index contributed by atoms with van der Waals surface area (Å²) in [7, 11) is 0.